The summed E-state index contributed by atoms with van der Waals surface area (Å²) < 4.78 is 18.6. The van der Waals surface area contributed by atoms with Crippen LogP contribution in [0.5, 0.6) is 0 Å². The van der Waals surface area contributed by atoms with Gasteiger partial charge >= 0.3 is 0 Å². The molecule has 0 N–H and O–H groups in total. The zero-order valence-electron chi connectivity index (χ0n) is 11.2. The monoisotopic (exact) mass is 293 g/mol. The first kappa shape index (κ1) is 13.5. The molecule has 0 bridgehead atoms. The van der Waals surface area contributed by atoms with Gasteiger partial charge in [-0.1, -0.05) is 6.07 Å². The third-order valence-electron chi connectivity index (χ3n) is 3.24. The van der Waals surface area contributed by atoms with Crippen molar-refractivity contribution >= 4 is 17.0 Å². The molecule has 3 nitrogen and oxygen atoms in total. The normalized spacial score (nSPS) is 22.4. The largest absolute Gasteiger partial charge is 0.350 e. The molecule has 1 aliphatic heterocycles. The van der Waals surface area contributed by atoms with Gasteiger partial charge in [0, 0.05) is 17.9 Å². The van der Waals surface area contributed by atoms with Crippen LogP contribution in [0.2, 0.25) is 0 Å². The smallest absolute Gasteiger partial charge is 0.186 e. The second-order valence-corrected chi connectivity index (χ2v) is 5.54. The lowest BCUT2D eigenvalue weighted by molar-refractivity contribution is -0.115. The molecule has 2 heterocycles. The molecule has 20 heavy (non-hydrogen) atoms. The lowest BCUT2D eigenvalue weighted by Gasteiger charge is -2.23. The summed E-state index contributed by atoms with van der Waals surface area (Å²) >= 11 is 1.69. The van der Waals surface area contributed by atoms with Crippen molar-refractivity contribution in [2.24, 2.45) is 0 Å². The average Bonchev–Trinajstić information content (AvgIpc) is 3.08. The minimum Gasteiger partial charge on any atom is -0.350 e. The lowest BCUT2D eigenvalue weighted by atomic mass is 10.1. The molecule has 2 aromatic rings. The molecule has 0 unspecified atom stereocenters. The molecule has 0 aliphatic carbocycles. The predicted octanol–water partition coefficient (Wildman–Crippen LogP) is 4.13. The molecule has 0 radical (unpaired) electrons. The third-order valence-corrected chi connectivity index (χ3v) is 4.21. The number of anilines is 1. The van der Waals surface area contributed by atoms with E-state index < -0.39 is 0 Å². The van der Waals surface area contributed by atoms with Crippen molar-refractivity contribution in [1.29, 1.82) is 0 Å². The van der Waals surface area contributed by atoms with Crippen LogP contribution >= 0.6 is 11.3 Å². The molecule has 5 heteroatoms. The highest BCUT2D eigenvalue weighted by atomic mass is 32.1. The zero-order valence-corrected chi connectivity index (χ0v) is 12.0. The molecular weight excluding hydrogens is 277 g/mol. The highest BCUT2D eigenvalue weighted by Crippen LogP contribution is 2.39. The highest BCUT2D eigenvalue weighted by Gasteiger charge is 2.36. The van der Waals surface area contributed by atoms with Gasteiger partial charge in [0.2, 0.25) is 0 Å². The minimum atomic E-state index is -0.253. The van der Waals surface area contributed by atoms with Crippen molar-refractivity contribution in [3.05, 3.63) is 52.5 Å². The maximum absolute atomic E-state index is 13.1. The fourth-order valence-electron chi connectivity index (χ4n) is 2.35. The van der Waals surface area contributed by atoms with Crippen LogP contribution in [0.3, 0.4) is 0 Å². The van der Waals surface area contributed by atoms with Gasteiger partial charge in [0.1, 0.15) is 5.82 Å². The van der Waals surface area contributed by atoms with Crippen LogP contribution in [-0.2, 0) is 9.57 Å². The standard InChI is InChI=1S/C15H16FNO2S/c1-2-18-15-10-13(14-4-3-9-20-14)17(19-15)12-7-5-11(16)6-8-12/h3-9,13,15H,2,10H2,1H3/t13-,15-/m1/s1. The molecule has 1 saturated heterocycles. The summed E-state index contributed by atoms with van der Waals surface area (Å²) in [6.45, 7) is 2.56. The fraction of sp³-hybridized carbons (Fsp3) is 0.333. The van der Waals surface area contributed by atoms with E-state index in [9.17, 15) is 4.39 Å². The average molecular weight is 293 g/mol. The Morgan fingerprint density at radius 2 is 2.15 bits per heavy atom. The summed E-state index contributed by atoms with van der Waals surface area (Å²) in [6.07, 6.45) is 0.517. The number of benzene rings is 1. The van der Waals surface area contributed by atoms with Crippen LogP contribution < -0.4 is 5.06 Å². The Balaban J connectivity index is 1.87. The van der Waals surface area contributed by atoms with E-state index in [1.165, 1.54) is 17.0 Å². The van der Waals surface area contributed by atoms with Gasteiger partial charge in [-0.15, -0.1) is 11.3 Å². The van der Waals surface area contributed by atoms with Crippen molar-refractivity contribution in [2.45, 2.75) is 25.7 Å². The Labute approximate surface area is 121 Å². The minimum absolute atomic E-state index is 0.108. The number of thiophene rings is 1. The van der Waals surface area contributed by atoms with Crippen LogP contribution in [0.15, 0.2) is 41.8 Å². The number of ether oxygens (including phenoxy) is 1. The first-order valence-electron chi connectivity index (χ1n) is 6.64. The van der Waals surface area contributed by atoms with Crippen molar-refractivity contribution in [1.82, 2.24) is 0 Å². The summed E-state index contributed by atoms with van der Waals surface area (Å²) in [5.41, 5.74) is 0.840. The first-order valence-corrected chi connectivity index (χ1v) is 7.52. The summed E-state index contributed by atoms with van der Waals surface area (Å²) in [5.74, 6) is -0.248. The fourth-order valence-corrected chi connectivity index (χ4v) is 3.17. The predicted molar refractivity (Wildman–Crippen MR) is 77.1 cm³/mol. The topological polar surface area (TPSA) is 21.7 Å². The molecule has 0 amide bonds. The summed E-state index contributed by atoms with van der Waals surface area (Å²) in [6, 6.07) is 10.6. The number of rotatable bonds is 4. The van der Waals surface area contributed by atoms with E-state index in [1.54, 1.807) is 23.5 Å². The van der Waals surface area contributed by atoms with Crippen molar-refractivity contribution < 1.29 is 14.0 Å². The molecule has 0 spiro atoms. The molecular formula is C15H16FNO2S. The van der Waals surface area contributed by atoms with Crippen LogP contribution in [0.25, 0.3) is 0 Å². The van der Waals surface area contributed by atoms with Crippen LogP contribution in [0.1, 0.15) is 24.3 Å². The van der Waals surface area contributed by atoms with Crippen LogP contribution in [0, 0.1) is 5.82 Å². The Morgan fingerprint density at radius 3 is 2.80 bits per heavy atom. The Bertz CT molecular complexity index is 544. The number of hydroxylamine groups is 1. The molecule has 1 aliphatic rings. The molecule has 1 aromatic heterocycles. The second kappa shape index (κ2) is 5.91. The summed E-state index contributed by atoms with van der Waals surface area (Å²) in [7, 11) is 0. The second-order valence-electron chi connectivity index (χ2n) is 4.56. The summed E-state index contributed by atoms with van der Waals surface area (Å²) in [5, 5.41) is 3.87. The number of hydrogen-bond acceptors (Lipinski definition) is 4. The van der Waals surface area contributed by atoms with Crippen molar-refractivity contribution in [3.63, 3.8) is 0 Å². The van der Waals surface area contributed by atoms with Gasteiger partial charge in [0.15, 0.2) is 6.29 Å². The molecule has 2 atom stereocenters. The number of hydrogen-bond donors (Lipinski definition) is 0. The van der Waals surface area contributed by atoms with Crippen LogP contribution in [-0.4, -0.2) is 12.9 Å². The van der Waals surface area contributed by atoms with Gasteiger partial charge in [-0.25, -0.2) is 14.3 Å². The third kappa shape index (κ3) is 2.70. The van der Waals surface area contributed by atoms with Gasteiger partial charge in [-0.05, 0) is 42.6 Å². The molecule has 0 saturated carbocycles. The van der Waals surface area contributed by atoms with E-state index >= 15 is 0 Å². The van der Waals surface area contributed by atoms with Crippen LogP contribution in [0.4, 0.5) is 10.1 Å². The quantitative estimate of drug-likeness (QED) is 0.846. The number of halogens is 1. The van der Waals surface area contributed by atoms with Gasteiger partial charge < -0.3 is 4.74 Å². The van der Waals surface area contributed by atoms with E-state index in [0.29, 0.717) is 6.61 Å². The van der Waals surface area contributed by atoms with Gasteiger partial charge in [0.05, 0.1) is 11.7 Å². The zero-order chi connectivity index (χ0) is 13.9. The van der Waals surface area contributed by atoms with E-state index in [2.05, 4.69) is 6.07 Å². The Kier molecular flexibility index (Phi) is 4.00. The SMILES string of the molecule is CCO[C@H]1C[C@H](c2cccs2)N(c2ccc(F)cc2)O1. The first-order chi connectivity index (χ1) is 9.78. The van der Waals surface area contributed by atoms with E-state index in [0.717, 1.165) is 12.1 Å². The van der Waals surface area contributed by atoms with E-state index in [-0.39, 0.29) is 18.1 Å². The number of nitrogens with zero attached hydrogens (tertiary/aromatic N) is 1. The Hall–Kier alpha value is -1.43. The maximum atomic E-state index is 13.1. The van der Waals surface area contributed by atoms with E-state index in [4.69, 9.17) is 9.57 Å². The highest BCUT2D eigenvalue weighted by molar-refractivity contribution is 7.10. The van der Waals surface area contributed by atoms with E-state index in [1.807, 2.05) is 23.4 Å². The van der Waals surface area contributed by atoms with Crippen molar-refractivity contribution in [3.8, 4) is 0 Å². The Morgan fingerprint density at radius 1 is 1.35 bits per heavy atom. The molecule has 1 fully saturated rings. The molecule has 106 valence electrons. The van der Waals surface area contributed by atoms with Gasteiger partial charge in [-0.3, -0.25) is 0 Å². The maximum Gasteiger partial charge on any atom is 0.186 e. The molecule has 1 aromatic carbocycles. The van der Waals surface area contributed by atoms with Gasteiger partial charge in [-0.2, -0.15) is 0 Å². The van der Waals surface area contributed by atoms with Crippen molar-refractivity contribution in [2.75, 3.05) is 11.7 Å². The summed E-state index contributed by atoms with van der Waals surface area (Å²) in [4.78, 5) is 7.08. The lowest BCUT2D eigenvalue weighted by Crippen LogP contribution is -2.22. The van der Waals surface area contributed by atoms with Gasteiger partial charge in [0.25, 0.3) is 0 Å². The molecule has 3 rings (SSSR count).